The van der Waals surface area contributed by atoms with Crippen LogP contribution in [-0.2, 0) is 6.42 Å². The Bertz CT molecular complexity index is 301. The molecule has 2 nitrogen and oxygen atoms in total. The van der Waals surface area contributed by atoms with Crippen LogP contribution < -0.4 is 4.74 Å². The molecule has 1 aromatic rings. The second-order valence-electron chi connectivity index (χ2n) is 3.10. The highest BCUT2D eigenvalue weighted by Crippen LogP contribution is 2.51. The molecule has 1 heterocycles. The number of benzene rings is 1. The minimum absolute atomic E-state index is 0.375. The average Bonchev–Trinajstić information content (AvgIpc) is 2.82. The first-order valence-corrected chi connectivity index (χ1v) is 4.35. The lowest BCUT2D eigenvalue weighted by molar-refractivity contribution is 0.466. The molecule has 0 saturated carbocycles. The van der Waals surface area contributed by atoms with Crippen LogP contribution >= 0.6 is 0 Å². The van der Waals surface area contributed by atoms with Crippen LogP contribution in [0.2, 0.25) is 0 Å². The molecule has 1 aliphatic rings. The van der Waals surface area contributed by atoms with Crippen molar-refractivity contribution in [2.75, 3.05) is 0 Å². The second-order valence-corrected chi connectivity index (χ2v) is 3.10. The number of hydrogen-bond acceptors (Lipinski definition) is 2. The molecule has 1 aromatic carbocycles. The Kier molecular flexibility index (Phi) is 1.68. The monoisotopic (exact) mass is 164 g/mol. The zero-order valence-electron chi connectivity index (χ0n) is 7.13. The lowest BCUT2D eigenvalue weighted by Crippen LogP contribution is -1.82. The van der Waals surface area contributed by atoms with Crippen molar-refractivity contribution in [2.45, 2.75) is 26.2 Å². The van der Waals surface area contributed by atoms with Crippen LogP contribution in [0.4, 0.5) is 0 Å². The van der Waals surface area contributed by atoms with Gasteiger partial charge in [0.15, 0.2) is 11.5 Å². The van der Waals surface area contributed by atoms with Crippen LogP contribution in [0.25, 0.3) is 0 Å². The van der Waals surface area contributed by atoms with E-state index in [9.17, 15) is 5.11 Å². The molecular weight excluding hydrogens is 152 g/mol. The summed E-state index contributed by atoms with van der Waals surface area (Å²) in [7, 11) is 0. The van der Waals surface area contributed by atoms with Crippen molar-refractivity contribution in [3.05, 3.63) is 17.7 Å². The summed E-state index contributed by atoms with van der Waals surface area (Å²) in [5.74, 6) is 2.21. The van der Waals surface area contributed by atoms with Gasteiger partial charge in [-0.2, -0.15) is 0 Å². The third kappa shape index (κ3) is 1.13. The van der Waals surface area contributed by atoms with E-state index in [0.717, 1.165) is 36.3 Å². The highest BCUT2D eigenvalue weighted by atomic mass is 16.6. The van der Waals surface area contributed by atoms with Crippen LogP contribution in [0.15, 0.2) is 12.1 Å². The Morgan fingerprint density at radius 3 is 3.00 bits per heavy atom. The maximum atomic E-state index is 9.47. The van der Waals surface area contributed by atoms with Gasteiger partial charge in [-0.3, -0.25) is 0 Å². The third-order valence-corrected chi connectivity index (χ3v) is 2.15. The summed E-state index contributed by atoms with van der Waals surface area (Å²) in [6, 6.07) is 3.51. The summed E-state index contributed by atoms with van der Waals surface area (Å²) in [5, 5.41) is 9.47. The van der Waals surface area contributed by atoms with E-state index in [2.05, 4.69) is 6.92 Å². The van der Waals surface area contributed by atoms with Gasteiger partial charge in [-0.15, -0.1) is 0 Å². The Morgan fingerprint density at radius 2 is 2.25 bits per heavy atom. The van der Waals surface area contributed by atoms with Crippen LogP contribution in [-0.4, -0.2) is 5.11 Å². The highest BCUT2D eigenvalue weighted by molar-refractivity contribution is 5.63. The Hall–Kier alpha value is -1.18. The number of phenols is 1. The number of ether oxygens (including phenoxy) is 1. The van der Waals surface area contributed by atoms with Gasteiger partial charge >= 0.3 is 0 Å². The molecule has 0 unspecified atom stereocenters. The summed E-state index contributed by atoms with van der Waals surface area (Å²) in [5.41, 5.74) is 0.981. The Balaban J connectivity index is 2.21. The predicted octanol–water partition coefficient (Wildman–Crippen LogP) is 2.84. The molecule has 0 atom stereocenters. The van der Waals surface area contributed by atoms with Gasteiger partial charge in [0.05, 0.1) is 0 Å². The van der Waals surface area contributed by atoms with Gasteiger partial charge < -0.3 is 9.84 Å². The molecule has 0 saturated heterocycles. The van der Waals surface area contributed by atoms with Gasteiger partial charge in [-0.1, -0.05) is 13.3 Å². The molecule has 12 heavy (non-hydrogen) atoms. The minimum atomic E-state index is 0.375. The van der Waals surface area contributed by atoms with Crippen molar-refractivity contribution in [1.82, 2.24) is 0 Å². The fraction of sp³-hybridized carbons (Fsp3) is 0.400. The zero-order chi connectivity index (χ0) is 8.55. The fourth-order valence-electron chi connectivity index (χ4n) is 1.37. The molecule has 0 bridgehead atoms. The molecule has 0 aromatic heterocycles. The van der Waals surface area contributed by atoms with E-state index in [4.69, 9.17) is 4.74 Å². The van der Waals surface area contributed by atoms with E-state index in [1.54, 1.807) is 12.1 Å². The molecular formula is C10H12O2. The number of phenolic OH excluding ortho intramolecular Hbond substituents is 1. The normalized spacial score (nSPS) is 12.1. The van der Waals surface area contributed by atoms with Gasteiger partial charge in [-0.05, 0) is 25.0 Å². The second kappa shape index (κ2) is 2.70. The van der Waals surface area contributed by atoms with Crippen LogP contribution in [0.1, 0.15) is 25.3 Å². The molecule has 2 heteroatoms. The smallest absolute Gasteiger partial charge is 0.177 e. The first kappa shape index (κ1) is 7.47. The van der Waals surface area contributed by atoms with E-state index >= 15 is 0 Å². The van der Waals surface area contributed by atoms with E-state index in [0.29, 0.717) is 5.75 Å². The number of rotatable bonds is 3. The molecule has 0 amide bonds. The number of unbranched alkanes of at least 4 members (excludes halogenated alkanes) is 1. The Labute approximate surface area is 71.8 Å². The minimum Gasteiger partial charge on any atom is -0.508 e. The summed E-state index contributed by atoms with van der Waals surface area (Å²) in [6.07, 6.45) is 3.17. The maximum absolute atomic E-state index is 9.47. The molecule has 1 aliphatic heterocycles. The standard InChI is InChI=1S/C10H12O2/c1-2-3-4-7-8(11)5-6-9-10(7)12-9/h5-6,11H,2-4H2,1H3. The quantitative estimate of drug-likeness (QED) is 0.707. The molecule has 64 valence electrons. The van der Waals surface area contributed by atoms with E-state index in [1.165, 1.54) is 0 Å². The lowest BCUT2D eigenvalue weighted by Gasteiger charge is -1.98. The van der Waals surface area contributed by atoms with Crippen LogP contribution in [0.5, 0.6) is 17.2 Å². The van der Waals surface area contributed by atoms with Crippen molar-refractivity contribution >= 4 is 0 Å². The van der Waals surface area contributed by atoms with Crippen molar-refractivity contribution in [1.29, 1.82) is 0 Å². The highest BCUT2D eigenvalue weighted by Gasteiger charge is 2.26. The maximum Gasteiger partial charge on any atom is 0.177 e. The van der Waals surface area contributed by atoms with Crippen molar-refractivity contribution in [2.24, 2.45) is 0 Å². The number of fused-ring (bicyclic) bond motifs is 1. The van der Waals surface area contributed by atoms with Gasteiger partial charge in [0.1, 0.15) is 5.75 Å². The van der Waals surface area contributed by atoms with Crippen LogP contribution in [0.3, 0.4) is 0 Å². The molecule has 0 fully saturated rings. The van der Waals surface area contributed by atoms with Gasteiger partial charge in [-0.25, -0.2) is 0 Å². The summed E-state index contributed by atoms with van der Waals surface area (Å²) < 4.78 is 5.19. The molecule has 0 radical (unpaired) electrons. The van der Waals surface area contributed by atoms with Crippen molar-refractivity contribution in [3.63, 3.8) is 0 Å². The van der Waals surface area contributed by atoms with Crippen LogP contribution in [0, 0.1) is 0 Å². The first-order chi connectivity index (χ1) is 5.83. The summed E-state index contributed by atoms with van der Waals surface area (Å²) in [4.78, 5) is 0. The van der Waals surface area contributed by atoms with Gasteiger partial charge in [0, 0.05) is 5.56 Å². The summed E-state index contributed by atoms with van der Waals surface area (Å²) >= 11 is 0. The predicted molar refractivity (Wildman–Crippen MR) is 46.8 cm³/mol. The Morgan fingerprint density at radius 1 is 1.42 bits per heavy atom. The van der Waals surface area contributed by atoms with E-state index < -0.39 is 0 Å². The zero-order valence-corrected chi connectivity index (χ0v) is 7.13. The largest absolute Gasteiger partial charge is 0.508 e. The topological polar surface area (TPSA) is 32.8 Å². The van der Waals surface area contributed by atoms with E-state index in [-0.39, 0.29) is 0 Å². The van der Waals surface area contributed by atoms with Gasteiger partial charge in [0.2, 0.25) is 0 Å². The van der Waals surface area contributed by atoms with Gasteiger partial charge in [0.25, 0.3) is 0 Å². The molecule has 1 N–H and O–H groups in total. The third-order valence-electron chi connectivity index (χ3n) is 2.15. The first-order valence-electron chi connectivity index (χ1n) is 4.35. The lowest BCUT2D eigenvalue weighted by atomic mass is 10.1. The number of hydrogen-bond donors (Lipinski definition) is 1. The number of aromatic hydroxyl groups is 1. The summed E-state index contributed by atoms with van der Waals surface area (Å²) in [6.45, 7) is 2.14. The molecule has 2 rings (SSSR count). The molecule has 0 aliphatic carbocycles. The van der Waals surface area contributed by atoms with E-state index in [1.807, 2.05) is 0 Å². The van der Waals surface area contributed by atoms with Crippen molar-refractivity contribution in [3.8, 4) is 17.2 Å². The average molecular weight is 164 g/mol. The fourth-order valence-corrected chi connectivity index (χ4v) is 1.37. The molecule has 0 spiro atoms. The SMILES string of the molecule is CCCCc1c(O)ccc2c1O2. The van der Waals surface area contributed by atoms with Crippen molar-refractivity contribution < 1.29 is 9.84 Å².